The maximum absolute atomic E-state index is 5.89. The smallest absolute Gasteiger partial charge is 0.00706 e. The first kappa shape index (κ1) is 13.3. The third kappa shape index (κ3) is 5.79. The largest absolute Gasteiger partial charge is 0.328 e. The molecule has 15 heavy (non-hydrogen) atoms. The molecule has 0 aliphatic heterocycles. The molecule has 0 bridgehead atoms. The number of thioether (sulfide) groups is 1. The van der Waals surface area contributed by atoms with Crippen LogP contribution in [-0.2, 0) is 0 Å². The lowest BCUT2D eigenvalue weighted by atomic mass is 9.91. The highest BCUT2D eigenvalue weighted by Gasteiger charge is 2.19. The van der Waals surface area contributed by atoms with Crippen molar-refractivity contribution >= 4 is 11.8 Å². The standard InChI is InChI=1S/C12H26N2S/c1-3-15-9-8-10(2)14-12-6-4-11(13)5-7-12/h10-12,14H,3-9,13H2,1-2H3. The van der Waals surface area contributed by atoms with E-state index in [0.29, 0.717) is 12.1 Å². The van der Waals surface area contributed by atoms with E-state index in [9.17, 15) is 0 Å². The van der Waals surface area contributed by atoms with Crippen LogP contribution in [0.2, 0.25) is 0 Å². The fraction of sp³-hybridized carbons (Fsp3) is 1.00. The Labute approximate surface area is 98.8 Å². The molecule has 3 heteroatoms. The van der Waals surface area contributed by atoms with E-state index >= 15 is 0 Å². The average molecular weight is 230 g/mol. The highest BCUT2D eigenvalue weighted by atomic mass is 32.2. The fourth-order valence-electron chi connectivity index (χ4n) is 2.18. The molecule has 1 rings (SSSR count). The van der Waals surface area contributed by atoms with Crippen molar-refractivity contribution in [3.05, 3.63) is 0 Å². The molecule has 2 nitrogen and oxygen atoms in total. The topological polar surface area (TPSA) is 38.0 Å². The molecule has 1 aliphatic rings. The lowest BCUT2D eigenvalue weighted by molar-refractivity contribution is 0.318. The summed E-state index contributed by atoms with van der Waals surface area (Å²) >= 11 is 2.04. The monoisotopic (exact) mass is 230 g/mol. The molecular weight excluding hydrogens is 204 g/mol. The first-order valence-corrected chi connectivity index (χ1v) is 7.47. The summed E-state index contributed by atoms with van der Waals surface area (Å²) < 4.78 is 0. The van der Waals surface area contributed by atoms with Crippen LogP contribution < -0.4 is 11.1 Å². The van der Waals surface area contributed by atoms with Crippen molar-refractivity contribution in [3.63, 3.8) is 0 Å². The predicted octanol–water partition coefficient (Wildman–Crippen LogP) is 2.38. The minimum absolute atomic E-state index is 0.467. The molecule has 0 aromatic rings. The Morgan fingerprint density at radius 2 is 2.00 bits per heavy atom. The highest BCUT2D eigenvalue weighted by Crippen LogP contribution is 2.18. The third-order valence-electron chi connectivity index (χ3n) is 3.19. The zero-order valence-electron chi connectivity index (χ0n) is 10.2. The summed E-state index contributed by atoms with van der Waals surface area (Å²) in [7, 11) is 0. The van der Waals surface area contributed by atoms with Gasteiger partial charge in [-0.05, 0) is 50.5 Å². The van der Waals surface area contributed by atoms with E-state index in [4.69, 9.17) is 5.73 Å². The zero-order chi connectivity index (χ0) is 11.1. The van der Waals surface area contributed by atoms with Gasteiger partial charge in [-0.15, -0.1) is 0 Å². The fourth-order valence-corrected chi connectivity index (χ4v) is 2.98. The van der Waals surface area contributed by atoms with Gasteiger partial charge >= 0.3 is 0 Å². The summed E-state index contributed by atoms with van der Waals surface area (Å²) in [5, 5.41) is 3.73. The van der Waals surface area contributed by atoms with Crippen molar-refractivity contribution in [1.29, 1.82) is 0 Å². The van der Waals surface area contributed by atoms with Crippen LogP contribution in [0.1, 0.15) is 46.0 Å². The van der Waals surface area contributed by atoms with Gasteiger partial charge in [-0.2, -0.15) is 11.8 Å². The van der Waals surface area contributed by atoms with E-state index in [1.807, 2.05) is 11.8 Å². The lowest BCUT2D eigenvalue weighted by Gasteiger charge is -2.29. The molecule has 0 radical (unpaired) electrons. The van der Waals surface area contributed by atoms with Crippen LogP contribution in [-0.4, -0.2) is 29.6 Å². The van der Waals surface area contributed by atoms with E-state index in [-0.39, 0.29) is 0 Å². The molecule has 0 saturated heterocycles. The van der Waals surface area contributed by atoms with Crippen LogP contribution in [0, 0.1) is 0 Å². The number of rotatable bonds is 6. The molecule has 1 unspecified atom stereocenters. The van der Waals surface area contributed by atoms with Gasteiger partial charge in [0.25, 0.3) is 0 Å². The Morgan fingerprint density at radius 3 is 2.60 bits per heavy atom. The van der Waals surface area contributed by atoms with E-state index in [2.05, 4.69) is 19.2 Å². The van der Waals surface area contributed by atoms with Crippen LogP contribution in [0.25, 0.3) is 0 Å². The summed E-state index contributed by atoms with van der Waals surface area (Å²) in [4.78, 5) is 0. The van der Waals surface area contributed by atoms with Crippen LogP contribution in [0.4, 0.5) is 0 Å². The number of hydrogen-bond acceptors (Lipinski definition) is 3. The van der Waals surface area contributed by atoms with E-state index in [1.165, 1.54) is 43.6 Å². The first-order chi connectivity index (χ1) is 7.22. The maximum Gasteiger partial charge on any atom is 0.00706 e. The van der Waals surface area contributed by atoms with Crippen LogP contribution in [0.15, 0.2) is 0 Å². The minimum atomic E-state index is 0.467. The van der Waals surface area contributed by atoms with Gasteiger partial charge in [0.2, 0.25) is 0 Å². The van der Waals surface area contributed by atoms with E-state index in [0.717, 1.165) is 6.04 Å². The third-order valence-corrected chi connectivity index (χ3v) is 4.12. The van der Waals surface area contributed by atoms with Crippen LogP contribution in [0.5, 0.6) is 0 Å². The molecule has 1 aliphatic carbocycles. The molecule has 0 aromatic heterocycles. The second-order valence-corrected chi connectivity index (χ2v) is 6.06. The zero-order valence-corrected chi connectivity index (χ0v) is 11.0. The van der Waals surface area contributed by atoms with Crippen LogP contribution in [0.3, 0.4) is 0 Å². The van der Waals surface area contributed by atoms with Gasteiger partial charge in [-0.25, -0.2) is 0 Å². The predicted molar refractivity (Wildman–Crippen MR) is 70.4 cm³/mol. The molecule has 0 aromatic carbocycles. The van der Waals surface area contributed by atoms with Gasteiger partial charge in [-0.3, -0.25) is 0 Å². The Morgan fingerprint density at radius 1 is 1.33 bits per heavy atom. The number of nitrogens with two attached hydrogens (primary N) is 1. The molecule has 1 atom stereocenters. The van der Waals surface area contributed by atoms with Crippen molar-refractivity contribution in [2.24, 2.45) is 5.73 Å². The summed E-state index contributed by atoms with van der Waals surface area (Å²) in [6.45, 7) is 4.54. The normalized spacial score (nSPS) is 29.0. The molecule has 0 spiro atoms. The summed E-state index contributed by atoms with van der Waals surface area (Å²) in [5.41, 5.74) is 5.89. The van der Waals surface area contributed by atoms with Crippen molar-refractivity contribution in [2.45, 2.75) is 64.1 Å². The maximum atomic E-state index is 5.89. The van der Waals surface area contributed by atoms with Gasteiger partial charge < -0.3 is 11.1 Å². The Hall–Kier alpha value is 0.270. The molecule has 0 amide bonds. The SMILES string of the molecule is CCSCCC(C)NC1CCC(N)CC1. The second-order valence-electron chi connectivity index (χ2n) is 4.67. The van der Waals surface area contributed by atoms with Crippen molar-refractivity contribution in [1.82, 2.24) is 5.32 Å². The van der Waals surface area contributed by atoms with Gasteiger partial charge in [-0.1, -0.05) is 6.92 Å². The highest BCUT2D eigenvalue weighted by molar-refractivity contribution is 7.99. The van der Waals surface area contributed by atoms with Gasteiger partial charge in [0.05, 0.1) is 0 Å². The first-order valence-electron chi connectivity index (χ1n) is 6.31. The molecule has 90 valence electrons. The second kappa shape index (κ2) is 7.53. The Kier molecular flexibility index (Phi) is 6.69. The van der Waals surface area contributed by atoms with Crippen molar-refractivity contribution in [2.75, 3.05) is 11.5 Å². The number of nitrogens with one attached hydrogen (secondary N) is 1. The van der Waals surface area contributed by atoms with E-state index < -0.39 is 0 Å². The molecule has 0 heterocycles. The van der Waals surface area contributed by atoms with Crippen molar-refractivity contribution in [3.8, 4) is 0 Å². The average Bonchev–Trinajstić information content (AvgIpc) is 2.22. The quantitative estimate of drug-likeness (QED) is 0.688. The summed E-state index contributed by atoms with van der Waals surface area (Å²) in [6.07, 6.45) is 6.24. The number of hydrogen-bond donors (Lipinski definition) is 2. The van der Waals surface area contributed by atoms with Crippen molar-refractivity contribution < 1.29 is 0 Å². The minimum Gasteiger partial charge on any atom is -0.328 e. The molecular formula is C12H26N2S. The molecule has 3 N–H and O–H groups in total. The summed E-state index contributed by atoms with van der Waals surface area (Å²) in [6, 6.07) is 1.86. The van der Waals surface area contributed by atoms with Gasteiger partial charge in [0.15, 0.2) is 0 Å². The molecule has 1 saturated carbocycles. The van der Waals surface area contributed by atoms with Crippen LogP contribution >= 0.6 is 11.8 Å². The lowest BCUT2D eigenvalue weighted by Crippen LogP contribution is -2.41. The molecule has 1 fully saturated rings. The Bertz CT molecular complexity index is 156. The van der Waals surface area contributed by atoms with Gasteiger partial charge in [0.1, 0.15) is 0 Å². The van der Waals surface area contributed by atoms with Gasteiger partial charge in [0, 0.05) is 18.1 Å². The summed E-state index contributed by atoms with van der Waals surface area (Å²) in [5.74, 6) is 2.53. The Balaban J connectivity index is 2.06. The van der Waals surface area contributed by atoms with E-state index in [1.54, 1.807) is 0 Å².